The van der Waals surface area contributed by atoms with Gasteiger partial charge in [-0.25, -0.2) is 8.42 Å². The van der Waals surface area contributed by atoms with Crippen molar-refractivity contribution in [1.29, 1.82) is 0 Å². The van der Waals surface area contributed by atoms with Crippen molar-refractivity contribution in [2.24, 2.45) is 0 Å². The molecular weight excluding hydrogens is 348 g/mol. The Bertz CT molecular complexity index is 773. The molecule has 1 aromatic carbocycles. The lowest BCUT2D eigenvalue weighted by atomic mass is 10.1. The molecule has 1 aromatic heterocycles. The summed E-state index contributed by atoms with van der Waals surface area (Å²) >= 11 is 1.13. The van der Waals surface area contributed by atoms with Gasteiger partial charge in [-0.2, -0.15) is 4.31 Å². The number of sulfonamides is 1. The molecule has 0 saturated carbocycles. The van der Waals surface area contributed by atoms with Crippen molar-refractivity contribution in [2.75, 3.05) is 27.2 Å². The Morgan fingerprint density at radius 1 is 1.25 bits per heavy atom. The normalized spacial score (nSPS) is 11.5. The highest BCUT2D eigenvalue weighted by atomic mass is 32.2. The fourth-order valence-corrected chi connectivity index (χ4v) is 4.48. The summed E-state index contributed by atoms with van der Waals surface area (Å²) < 4.78 is 31.0. The summed E-state index contributed by atoms with van der Waals surface area (Å²) in [6, 6.07) is 10.8. The molecule has 1 heterocycles. The summed E-state index contributed by atoms with van der Waals surface area (Å²) in [7, 11) is -0.611. The van der Waals surface area contributed by atoms with Gasteiger partial charge in [-0.1, -0.05) is 24.3 Å². The van der Waals surface area contributed by atoms with E-state index in [0.717, 1.165) is 27.0 Å². The number of benzene rings is 1. The van der Waals surface area contributed by atoms with E-state index in [1.54, 1.807) is 18.6 Å². The quantitative estimate of drug-likeness (QED) is 0.770. The first-order valence-corrected chi connectivity index (χ1v) is 9.65. The maximum Gasteiger partial charge on any atom is 0.252 e. The highest BCUT2D eigenvalue weighted by Gasteiger charge is 2.23. The van der Waals surface area contributed by atoms with Crippen molar-refractivity contribution in [3.8, 4) is 5.75 Å². The number of hydrogen-bond donors (Lipinski definition) is 1. The van der Waals surface area contributed by atoms with E-state index in [-0.39, 0.29) is 16.7 Å². The predicted octanol–water partition coefficient (Wildman–Crippen LogP) is 1.74. The van der Waals surface area contributed by atoms with Gasteiger partial charge in [-0.05, 0) is 29.5 Å². The number of amides is 1. The first-order valence-electron chi connectivity index (χ1n) is 7.33. The number of nitrogens with zero attached hydrogens (tertiary/aromatic N) is 1. The number of methoxy groups -OCH3 is 1. The smallest absolute Gasteiger partial charge is 0.252 e. The molecule has 0 radical (unpaired) electrons. The monoisotopic (exact) mass is 368 g/mol. The van der Waals surface area contributed by atoms with Gasteiger partial charge >= 0.3 is 0 Å². The van der Waals surface area contributed by atoms with Crippen LogP contribution in [0.15, 0.2) is 46.0 Å². The van der Waals surface area contributed by atoms with Gasteiger partial charge in [0.2, 0.25) is 5.91 Å². The average molecular weight is 368 g/mol. The van der Waals surface area contributed by atoms with Crippen molar-refractivity contribution in [1.82, 2.24) is 9.62 Å². The van der Waals surface area contributed by atoms with E-state index in [1.807, 2.05) is 24.3 Å². The second-order valence-corrected chi connectivity index (χ2v) is 8.32. The molecule has 0 fully saturated rings. The van der Waals surface area contributed by atoms with Crippen molar-refractivity contribution in [3.63, 3.8) is 0 Å². The van der Waals surface area contributed by atoms with E-state index in [2.05, 4.69) is 5.32 Å². The third-order valence-electron chi connectivity index (χ3n) is 3.43. The molecule has 2 aromatic rings. The molecule has 0 spiro atoms. The molecule has 130 valence electrons. The number of nitrogens with one attached hydrogen (secondary N) is 1. The summed E-state index contributed by atoms with van der Waals surface area (Å²) in [6.07, 6.45) is 0.608. The molecule has 0 atom stereocenters. The molecule has 8 heteroatoms. The van der Waals surface area contributed by atoms with Gasteiger partial charge in [0.1, 0.15) is 9.96 Å². The predicted molar refractivity (Wildman–Crippen MR) is 93.8 cm³/mol. The van der Waals surface area contributed by atoms with E-state index < -0.39 is 10.0 Å². The lowest BCUT2D eigenvalue weighted by Crippen LogP contribution is -2.38. The molecule has 0 aliphatic heterocycles. The molecule has 0 unspecified atom stereocenters. The number of thiophene rings is 1. The van der Waals surface area contributed by atoms with Crippen molar-refractivity contribution in [3.05, 3.63) is 47.3 Å². The van der Waals surface area contributed by atoms with Crippen molar-refractivity contribution < 1.29 is 17.9 Å². The zero-order valence-corrected chi connectivity index (χ0v) is 15.2. The number of para-hydroxylation sites is 1. The molecule has 6 nitrogen and oxygen atoms in total. The first kappa shape index (κ1) is 18.4. The Morgan fingerprint density at radius 2 is 2.00 bits per heavy atom. The summed E-state index contributed by atoms with van der Waals surface area (Å²) in [4.78, 5) is 12.0. The molecule has 2 rings (SSSR count). The molecule has 1 amide bonds. The minimum atomic E-state index is -3.61. The zero-order valence-electron chi connectivity index (χ0n) is 13.6. The van der Waals surface area contributed by atoms with Crippen LogP contribution in [0.2, 0.25) is 0 Å². The van der Waals surface area contributed by atoms with Gasteiger partial charge in [-0.15, -0.1) is 11.3 Å². The molecule has 0 aliphatic carbocycles. The van der Waals surface area contributed by atoms with E-state index in [4.69, 9.17) is 4.74 Å². The van der Waals surface area contributed by atoms with Crippen LogP contribution in [-0.4, -0.2) is 45.9 Å². The number of carbonyl (C=O) groups is 1. The minimum absolute atomic E-state index is 0.216. The lowest BCUT2D eigenvalue weighted by Gasteiger charge is -2.16. The Labute approximate surface area is 146 Å². The van der Waals surface area contributed by atoms with Crippen molar-refractivity contribution >= 4 is 27.3 Å². The second-order valence-electron chi connectivity index (χ2n) is 5.10. The fourth-order valence-electron chi connectivity index (χ4n) is 2.15. The van der Waals surface area contributed by atoms with Gasteiger partial charge < -0.3 is 10.1 Å². The van der Waals surface area contributed by atoms with E-state index in [0.29, 0.717) is 13.0 Å². The maximum atomic E-state index is 12.2. The highest BCUT2D eigenvalue weighted by molar-refractivity contribution is 7.91. The molecule has 0 aliphatic rings. The number of likely N-dealkylation sites (N-methyl/N-ethyl adjacent to an activating group) is 1. The average Bonchev–Trinajstić information content (AvgIpc) is 3.10. The number of ether oxygens (including phenoxy) is 1. The standard InChI is InChI=1S/C16H20N2O4S2/c1-18(24(20,21)16-8-5-11-23-16)12-15(19)17-10-9-13-6-3-4-7-14(13)22-2/h3-8,11H,9-10,12H2,1-2H3,(H,17,19). The van der Waals surface area contributed by atoms with E-state index >= 15 is 0 Å². The van der Waals surface area contributed by atoms with Crippen LogP contribution in [0, 0.1) is 0 Å². The number of rotatable bonds is 8. The maximum absolute atomic E-state index is 12.2. The first-order chi connectivity index (χ1) is 11.4. The fraction of sp³-hybridized carbons (Fsp3) is 0.312. The van der Waals surface area contributed by atoms with Crippen LogP contribution in [0.5, 0.6) is 5.75 Å². The molecule has 1 N–H and O–H groups in total. The number of carbonyl (C=O) groups excluding carboxylic acids is 1. The largest absolute Gasteiger partial charge is 0.496 e. The SMILES string of the molecule is COc1ccccc1CCNC(=O)CN(C)S(=O)(=O)c1cccs1. The van der Waals surface area contributed by atoms with Gasteiger partial charge in [0, 0.05) is 13.6 Å². The minimum Gasteiger partial charge on any atom is -0.496 e. The Hall–Kier alpha value is -1.90. The topological polar surface area (TPSA) is 75.7 Å². The Kier molecular flexibility index (Phi) is 6.36. The van der Waals surface area contributed by atoms with Crippen LogP contribution in [0.3, 0.4) is 0 Å². The Balaban J connectivity index is 1.85. The molecule has 0 bridgehead atoms. The van der Waals surface area contributed by atoms with Gasteiger partial charge in [-0.3, -0.25) is 4.79 Å². The highest BCUT2D eigenvalue weighted by Crippen LogP contribution is 2.19. The second kappa shape index (κ2) is 8.27. The lowest BCUT2D eigenvalue weighted by molar-refractivity contribution is -0.121. The van der Waals surface area contributed by atoms with Gasteiger partial charge in [0.05, 0.1) is 13.7 Å². The molecule has 0 saturated heterocycles. The van der Waals surface area contributed by atoms with Gasteiger partial charge in [0.15, 0.2) is 0 Å². The summed E-state index contributed by atoms with van der Waals surface area (Å²) in [5.74, 6) is 0.427. The Morgan fingerprint density at radius 3 is 2.67 bits per heavy atom. The summed E-state index contributed by atoms with van der Waals surface area (Å²) in [5.41, 5.74) is 0.986. The summed E-state index contributed by atoms with van der Waals surface area (Å²) in [5, 5.41) is 4.42. The van der Waals surface area contributed by atoms with Crippen LogP contribution in [0.1, 0.15) is 5.56 Å². The van der Waals surface area contributed by atoms with Crippen LogP contribution < -0.4 is 10.1 Å². The molecule has 24 heavy (non-hydrogen) atoms. The van der Waals surface area contributed by atoms with Crippen LogP contribution >= 0.6 is 11.3 Å². The third kappa shape index (κ3) is 4.56. The zero-order chi connectivity index (χ0) is 17.6. The van der Waals surface area contributed by atoms with Crippen LogP contribution in [-0.2, 0) is 21.2 Å². The summed E-state index contributed by atoms with van der Waals surface area (Å²) in [6.45, 7) is 0.193. The van der Waals surface area contributed by atoms with Crippen LogP contribution in [0.4, 0.5) is 0 Å². The van der Waals surface area contributed by atoms with Crippen LogP contribution in [0.25, 0.3) is 0 Å². The van der Waals surface area contributed by atoms with Gasteiger partial charge in [0.25, 0.3) is 10.0 Å². The molecular formula is C16H20N2O4S2. The van der Waals surface area contributed by atoms with E-state index in [1.165, 1.54) is 13.1 Å². The van der Waals surface area contributed by atoms with Crippen molar-refractivity contribution in [2.45, 2.75) is 10.6 Å². The van der Waals surface area contributed by atoms with E-state index in [9.17, 15) is 13.2 Å². The number of hydrogen-bond acceptors (Lipinski definition) is 5. The third-order valence-corrected chi connectivity index (χ3v) is 6.61.